The van der Waals surface area contributed by atoms with Crippen molar-refractivity contribution in [3.05, 3.63) is 413 Å². The normalized spacial score (nSPS) is 12.6. The van der Waals surface area contributed by atoms with Gasteiger partial charge < -0.3 is 46.7 Å². The molecule has 0 unspecified atom stereocenters. The van der Waals surface area contributed by atoms with Crippen LogP contribution in [0.1, 0.15) is 0 Å². The van der Waals surface area contributed by atoms with Gasteiger partial charge in [-0.05, 0) is 218 Å². The van der Waals surface area contributed by atoms with Crippen LogP contribution in [0.25, 0.3) is 175 Å². The molecule has 0 saturated carbocycles. The monoisotopic (exact) mass is 1950 g/mol. The average molecular weight is 1950 g/mol. The number of anilines is 12. The van der Waals surface area contributed by atoms with Crippen LogP contribution in [0.3, 0.4) is 0 Å². The van der Waals surface area contributed by atoms with Crippen molar-refractivity contribution in [3.63, 3.8) is 0 Å². The second-order valence-electron chi connectivity index (χ2n) is 43.4. The predicted octanol–water partition coefficient (Wildman–Crippen LogP) is 37.5. The maximum absolute atomic E-state index is 7.33. The Morgan fingerprint density at radius 3 is 0.849 bits per heavy atom. The summed E-state index contributed by atoms with van der Waals surface area (Å²) in [6.07, 6.45) is 0. The third-order valence-corrected chi connectivity index (χ3v) is 38.3. The van der Waals surface area contributed by atoms with E-state index in [0.717, 1.165) is 201 Å². The highest BCUT2D eigenvalue weighted by molar-refractivity contribution is 6.90. The van der Waals surface area contributed by atoms with Gasteiger partial charge in [0.1, 0.15) is 50.9 Å². The van der Waals surface area contributed by atoms with Gasteiger partial charge in [0.2, 0.25) is 0 Å². The Bertz CT molecular complexity index is 9920. The third-order valence-electron chi connectivity index (χ3n) is 30.2. The number of hydrogen-bond acceptors (Lipinski definition) is 10. The van der Waals surface area contributed by atoms with Crippen LogP contribution in [0, 0.1) is 0 Å². The largest absolute Gasteiger partial charge is 0.456 e. The number of hydrogen-bond donors (Lipinski definition) is 0. The summed E-state index contributed by atoms with van der Waals surface area (Å²) in [5.74, 6) is 3.46. The van der Waals surface area contributed by atoms with Crippen LogP contribution in [0.15, 0.2) is 430 Å². The molecule has 6 heterocycles. The minimum absolute atomic E-state index is 0.828. The summed E-state index contributed by atoms with van der Waals surface area (Å²) in [5, 5.41) is 28.8. The molecule has 0 radical (unpaired) electrons. The van der Waals surface area contributed by atoms with Crippen molar-refractivity contribution in [1.29, 1.82) is 0 Å². The number of ether oxygens (including phenoxy) is 2. The summed E-state index contributed by atoms with van der Waals surface area (Å²) in [7, 11) is -7.40. The summed E-state index contributed by atoms with van der Waals surface area (Å²) in [6.45, 7) is 29.3. The van der Waals surface area contributed by atoms with E-state index in [2.05, 4.69) is 474 Å². The van der Waals surface area contributed by atoms with E-state index in [9.17, 15) is 0 Å². The van der Waals surface area contributed by atoms with Crippen LogP contribution in [0.5, 0.6) is 23.0 Å². The molecule has 26 aromatic rings. The molecule has 0 saturated heterocycles. The molecule has 4 aromatic heterocycles. The van der Waals surface area contributed by atoms with Gasteiger partial charge in [0.15, 0.2) is 16.7 Å². The van der Waals surface area contributed by atoms with E-state index < -0.39 is 32.3 Å². The first-order valence-corrected chi connectivity index (χ1v) is 64.6. The van der Waals surface area contributed by atoms with Crippen molar-refractivity contribution in [3.8, 4) is 45.3 Å². The molecule has 22 aromatic carbocycles. The minimum atomic E-state index is -1.92. The highest BCUT2D eigenvalue weighted by atomic mass is 28.3. The molecule has 14 heteroatoms. The van der Waals surface area contributed by atoms with Crippen molar-refractivity contribution in [2.45, 2.75) is 78.6 Å². The number of para-hydroxylation sites is 11. The maximum Gasteiger partial charge on any atom is 0.159 e. The number of fused-ring (bicyclic) bond motifs is 24. The summed E-state index contributed by atoms with van der Waals surface area (Å²) >= 11 is 0. The number of rotatable bonds is 16. The lowest BCUT2D eigenvalue weighted by Gasteiger charge is -2.30. The summed E-state index contributed by atoms with van der Waals surface area (Å²) in [4.78, 5) is 9.45. The zero-order chi connectivity index (χ0) is 98.7. The Kier molecular flexibility index (Phi) is 20.2. The van der Waals surface area contributed by atoms with Crippen LogP contribution in [-0.2, 0) is 0 Å². The Morgan fingerprint density at radius 1 is 0.158 bits per heavy atom. The zero-order valence-electron chi connectivity index (χ0n) is 83.5. The number of furan rings is 4. The molecular formula is C132H104N4O6Si4. The molecule has 704 valence electrons. The first kappa shape index (κ1) is 88.2. The summed E-state index contributed by atoms with van der Waals surface area (Å²) < 4.78 is 41.4. The molecule has 0 atom stereocenters. The summed E-state index contributed by atoms with van der Waals surface area (Å²) in [6, 6.07) is 150. The molecule has 0 bridgehead atoms. The highest BCUT2D eigenvalue weighted by Gasteiger charge is 2.36. The maximum atomic E-state index is 7.33. The van der Waals surface area contributed by atoms with Gasteiger partial charge in [-0.3, -0.25) is 0 Å². The molecule has 0 amide bonds. The third kappa shape index (κ3) is 14.5. The van der Waals surface area contributed by atoms with E-state index in [1.54, 1.807) is 0 Å². The average Bonchev–Trinajstić information content (AvgIpc) is 1.19. The zero-order valence-corrected chi connectivity index (χ0v) is 87.5. The lowest BCUT2D eigenvalue weighted by atomic mass is 9.88. The van der Waals surface area contributed by atoms with Crippen molar-refractivity contribution in [1.82, 2.24) is 0 Å². The molecule has 10 nitrogen and oxygen atoms in total. The van der Waals surface area contributed by atoms with E-state index in [4.69, 9.17) is 27.1 Å². The van der Waals surface area contributed by atoms with E-state index in [-0.39, 0.29) is 0 Å². The summed E-state index contributed by atoms with van der Waals surface area (Å²) in [5.41, 5.74) is 23.8. The molecule has 2 aliphatic rings. The molecule has 0 fully saturated rings. The Hall–Kier alpha value is -16.7. The van der Waals surface area contributed by atoms with Gasteiger partial charge in [0.25, 0.3) is 0 Å². The van der Waals surface area contributed by atoms with Gasteiger partial charge in [0, 0.05) is 128 Å². The topological polar surface area (TPSA) is 84.0 Å². The fourth-order valence-electron chi connectivity index (χ4n) is 22.7. The fraction of sp³-hybridized carbons (Fsp3) is 0.0909. The van der Waals surface area contributed by atoms with Crippen LogP contribution < -0.4 is 49.8 Å². The van der Waals surface area contributed by atoms with Gasteiger partial charge in [-0.2, -0.15) is 0 Å². The lowest BCUT2D eigenvalue weighted by molar-refractivity contribution is 0.487. The fourth-order valence-corrected chi connectivity index (χ4v) is 27.3. The molecule has 0 spiro atoms. The van der Waals surface area contributed by atoms with Crippen LogP contribution in [0.2, 0.25) is 78.6 Å². The second-order valence-corrected chi connectivity index (χ2v) is 63.7. The van der Waals surface area contributed by atoms with Gasteiger partial charge in [-0.1, -0.05) is 330 Å². The molecule has 146 heavy (non-hydrogen) atoms. The van der Waals surface area contributed by atoms with Gasteiger partial charge in [-0.25, -0.2) is 0 Å². The van der Waals surface area contributed by atoms with E-state index in [0.29, 0.717) is 0 Å². The Balaban J connectivity index is 0.000000145. The Labute approximate surface area is 850 Å². The van der Waals surface area contributed by atoms with E-state index >= 15 is 0 Å². The van der Waals surface area contributed by atoms with Crippen molar-refractivity contribution in [2.24, 2.45) is 0 Å². The first-order valence-electron chi connectivity index (χ1n) is 50.6. The lowest BCUT2D eigenvalue weighted by Crippen LogP contribution is -2.37. The Morgan fingerprint density at radius 2 is 0.452 bits per heavy atom. The van der Waals surface area contributed by atoms with Crippen molar-refractivity contribution in [2.75, 3.05) is 19.6 Å². The van der Waals surface area contributed by atoms with Gasteiger partial charge >= 0.3 is 0 Å². The molecule has 0 N–H and O–H groups in total. The first-order chi connectivity index (χ1) is 70.9. The second kappa shape index (κ2) is 33.4. The van der Waals surface area contributed by atoms with Crippen LogP contribution >= 0.6 is 0 Å². The minimum Gasteiger partial charge on any atom is -0.456 e. The van der Waals surface area contributed by atoms with Crippen LogP contribution in [-0.4, -0.2) is 32.3 Å². The van der Waals surface area contributed by atoms with Crippen molar-refractivity contribution >= 4 is 274 Å². The van der Waals surface area contributed by atoms with Gasteiger partial charge in [-0.15, -0.1) is 0 Å². The highest BCUT2D eigenvalue weighted by Crippen LogP contribution is 2.58. The smallest absolute Gasteiger partial charge is 0.159 e. The molecule has 2 aliphatic heterocycles. The SMILES string of the molecule is C[Si](C)(C)c1ccc2c(N(c3ccccc3)c3cccc4c3oc3ccccc34)cc3c4cc([Si](C)(C)C)cc5c4c(cc3c2c1)-c1ccc(N(c2ccccc2)c2ccc3c(c2)oc2ccccc23)cc1O5.C[Si](C)(C)c1ccc2c(N(c3ccccc3)c3cccc4c3oc3ccccc34)cc3c4cc([Si](C)(C)C)cc5c4c(cc3c2c1)-c1ccc(N(c2ccccc2)c2cccc3c2oc2ccccc23)cc1O5. The van der Waals surface area contributed by atoms with E-state index in [1.165, 1.54) is 85.7 Å². The molecule has 0 aliphatic carbocycles. The van der Waals surface area contributed by atoms with Gasteiger partial charge in [0.05, 0.1) is 66.4 Å². The van der Waals surface area contributed by atoms with Crippen LogP contribution in [0.4, 0.5) is 68.2 Å². The quantitative estimate of drug-likeness (QED) is 0.0689. The van der Waals surface area contributed by atoms with E-state index in [1.807, 2.05) is 36.4 Å². The van der Waals surface area contributed by atoms with Crippen molar-refractivity contribution < 1.29 is 27.1 Å². The number of benzene rings is 22. The molecule has 28 rings (SSSR count). The number of nitrogens with zero attached hydrogens (tertiary/aromatic N) is 4. The molecular weight excluding hydrogens is 1850 g/mol. The standard InChI is InChI=1S/2C66H52N2O3Si2/c1-72(2,3)44-32-34-46-52(36-44)53-39-56-49-33-31-43(67(41-19-9-7-10-20-41)57-27-17-25-50-47-23-13-15-29-60(47)70-65(50)57)35-62(49)69-63-38-45(73(4,5)6)37-55(64(56)63)54(53)40-59(46)68(42-21-11-8-12-22-42)58-28-18-26-51-48-24-14-16-30-61(48)71-66(51)58;1-72(2,3)45-30-33-47-53(36-45)54-39-57-51-32-29-44(67(41-18-9-7-10-19-41)43-28-31-50-48-22-13-15-26-60(48)69-62(50)34-43)35-63(51)70-64-38-46(73(4,5)6)37-56(65(57)64)55(54)40-59(47)68(42-20-11-8-12-21-42)58-25-17-24-52-49-23-14-16-27-61(49)71-66(52)58/h2*7-40H,1-6H3. The predicted molar refractivity (Wildman–Crippen MR) is 629 cm³/mol.